The highest BCUT2D eigenvalue weighted by atomic mass is 19.1. The summed E-state index contributed by atoms with van der Waals surface area (Å²) in [5.41, 5.74) is 8.42. The molecule has 1 heterocycles. The van der Waals surface area contributed by atoms with Gasteiger partial charge in [-0.2, -0.15) is 4.39 Å². The van der Waals surface area contributed by atoms with E-state index in [0.29, 0.717) is 23.4 Å². The minimum absolute atomic E-state index is 0.114. The summed E-state index contributed by atoms with van der Waals surface area (Å²) in [4.78, 5) is 3.69. The number of pyridine rings is 1. The number of nitrogens with zero attached hydrogens (tertiary/aromatic N) is 1. The number of aliphatic hydroxyl groups is 1. The topological polar surface area (TPSA) is 71.2 Å². The van der Waals surface area contributed by atoms with Crippen molar-refractivity contribution in [2.24, 2.45) is 0 Å². The van der Waals surface area contributed by atoms with Crippen LogP contribution in [0.1, 0.15) is 36.8 Å². The third-order valence-electron chi connectivity index (χ3n) is 4.10. The maximum absolute atomic E-state index is 13.5. The number of nitrogen functional groups attached to an aromatic ring is 1. The Morgan fingerprint density at radius 1 is 1.25 bits per heavy atom. The molecule has 2 atom stereocenters. The molecule has 1 aromatic heterocycles. The molecule has 4 nitrogen and oxygen atoms in total. The summed E-state index contributed by atoms with van der Waals surface area (Å²) in [7, 11) is 0. The zero-order valence-corrected chi connectivity index (χ0v) is 13.3. The Kier molecular flexibility index (Phi) is 4.97. The third kappa shape index (κ3) is 4.24. The predicted molar refractivity (Wildman–Crippen MR) is 92.9 cm³/mol. The van der Waals surface area contributed by atoms with Gasteiger partial charge in [0.05, 0.1) is 17.4 Å². The molecule has 3 rings (SSSR count). The molecular formula is C19H20FN3O. The van der Waals surface area contributed by atoms with E-state index in [2.05, 4.69) is 22.1 Å². The summed E-state index contributed by atoms with van der Waals surface area (Å²) in [6, 6.07) is 8.75. The maximum Gasteiger partial charge on any atom is 0.214 e. The second kappa shape index (κ2) is 7.33. The Morgan fingerprint density at radius 3 is 2.92 bits per heavy atom. The molecule has 1 fully saturated rings. The lowest BCUT2D eigenvalue weighted by molar-refractivity contribution is 0.124. The molecule has 24 heavy (non-hydrogen) atoms. The Balaban J connectivity index is 1.83. The van der Waals surface area contributed by atoms with Gasteiger partial charge >= 0.3 is 0 Å². The largest absolute Gasteiger partial charge is 0.399 e. The second-order valence-electron chi connectivity index (χ2n) is 6.09. The number of halogens is 1. The van der Waals surface area contributed by atoms with Crippen LogP contribution >= 0.6 is 0 Å². The number of rotatable bonds is 2. The van der Waals surface area contributed by atoms with Crippen LogP contribution in [0.25, 0.3) is 0 Å². The molecule has 0 aliphatic heterocycles. The van der Waals surface area contributed by atoms with E-state index in [4.69, 9.17) is 5.73 Å². The summed E-state index contributed by atoms with van der Waals surface area (Å²) in [5.74, 6) is 5.50. The summed E-state index contributed by atoms with van der Waals surface area (Å²) >= 11 is 0. The molecule has 0 amide bonds. The average Bonchev–Trinajstić information content (AvgIpc) is 2.54. The van der Waals surface area contributed by atoms with Crippen molar-refractivity contribution in [3.8, 4) is 11.8 Å². The summed E-state index contributed by atoms with van der Waals surface area (Å²) < 4.78 is 13.5. The van der Waals surface area contributed by atoms with Crippen molar-refractivity contribution in [2.75, 3.05) is 11.1 Å². The van der Waals surface area contributed by atoms with Crippen LogP contribution in [0.3, 0.4) is 0 Å². The average molecular weight is 325 g/mol. The highest BCUT2D eigenvalue weighted by molar-refractivity contribution is 5.60. The first-order chi connectivity index (χ1) is 11.6. The van der Waals surface area contributed by atoms with E-state index in [9.17, 15) is 9.50 Å². The van der Waals surface area contributed by atoms with Gasteiger partial charge in [0.1, 0.15) is 0 Å². The van der Waals surface area contributed by atoms with Crippen LogP contribution < -0.4 is 11.1 Å². The Hall–Kier alpha value is -2.58. The Labute approximate surface area is 140 Å². The molecule has 1 aliphatic carbocycles. The van der Waals surface area contributed by atoms with E-state index in [1.54, 1.807) is 12.1 Å². The van der Waals surface area contributed by atoms with Gasteiger partial charge in [-0.1, -0.05) is 17.9 Å². The molecule has 1 saturated carbocycles. The van der Waals surface area contributed by atoms with Crippen molar-refractivity contribution in [3.05, 3.63) is 53.6 Å². The predicted octanol–water partition coefficient (Wildman–Crippen LogP) is 2.92. The number of aliphatic hydroxyl groups excluding tert-OH is 1. The van der Waals surface area contributed by atoms with Gasteiger partial charge in [0, 0.05) is 29.6 Å². The van der Waals surface area contributed by atoms with Crippen molar-refractivity contribution in [1.29, 1.82) is 0 Å². The standard InChI is InChI=1S/C19H20FN3O/c20-19-11-18(23-16-5-2-6-17(24)10-16)14(12-22-19)8-7-13-3-1-4-15(21)9-13/h1,3-4,9,11-12,16-17,24H,2,5-6,10,21H2,(H,22,23)/t16-,17+/m1/s1. The number of nitrogens with two attached hydrogens (primary N) is 1. The minimum Gasteiger partial charge on any atom is -0.399 e. The minimum atomic E-state index is -0.552. The van der Waals surface area contributed by atoms with Gasteiger partial charge in [-0.15, -0.1) is 0 Å². The SMILES string of the molecule is Nc1cccc(C#Cc2cnc(F)cc2N[C@@H]2CCC[C@H](O)C2)c1. The molecule has 0 bridgehead atoms. The zero-order valence-electron chi connectivity index (χ0n) is 13.3. The Bertz CT molecular complexity index is 782. The summed E-state index contributed by atoms with van der Waals surface area (Å²) in [6.45, 7) is 0. The number of benzene rings is 1. The van der Waals surface area contributed by atoms with Crippen LogP contribution in [0.4, 0.5) is 15.8 Å². The molecule has 0 spiro atoms. The van der Waals surface area contributed by atoms with Crippen LogP contribution in [0, 0.1) is 17.8 Å². The molecule has 4 N–H and O–H groups in total. The Morgan fingerprint density at radius 2 is 2.12 bits per heavy atom. The number of anilines is 2. The lowest BCUT2D eigenvalue weighted by Gasteiger charge is -2.27. The summed E-state index contributed by atoms with van der Waals surface area (Å²) in [6.07, 6.45) is 4.51. The quantitative estimate of drug-likeness (QED) is 0.451. The van der Waals surface area contributed by atoms with Crippen LogP contribution in [0.2, 0.25) is 0 Å². The molecule has 0 saturated heterocycles. The van der Waals surface area contributed by atoms with Gasteiger partial charge in [0.25, 0.3) is 0 Å². The molecule has 5 heteroatoms. The van der Waals surface area contributed by atoms with Gasteiger partial charge in [-0.25, -0.2) is 4.98 Å². The molecule has 2 aromatic rings. The number of hydrogen-bond acceptors (Lipinski definition) is 4. The maximum atomic E-state index is 13.5. The van der Waals surface area contributed by atoms with Crippen LogP contribution in [0.15, 0.2) is 36.5 Å². The van der Waals surface area contributed by atoms with E-state index >= 15 is 0 Å². The zero-order chi connectivity index (χ0) is 16.9. The van der Waals surface area contributed by atoms with Crippen LogP contribution in [-0.4, -0.2) is 22.2 Å². The van der Waals surface area contributed by atoms with Crippen LogP contribution in [0.5, 0.6) is 0 Å². The lowest BCUT2D eigenvalue weighted by Crippen LogP contribution is -2.30. The molecule has 1 aliphatic rings. The molecular weight excluding hydrogens is 305 g/mol. The van der Waals surface area contributed by atoms with E-state index in [0.717, 1.165) is 24.8 Å². The fraction of sp³-hybridized carbons (Fsp3) is 0.316. The molecule has 0 radical (unpaired) electrons. The number of aromatic nitrogens is 1. The van der Waals surface area contributed by atoms with E-state index < -0.39 is 5.95 Å². The van der Waals surface area contributed by atoms with Gasteiger partial charge < -0.3 is 16.2 Å². The van der Waals surface area contributed by atoms with Crippen molar-refractivity contribution in [2.45, 2.75) is 37.8 Å². The van der Waals surface area contributed by atoms with Crippen molar-refractivity contribution in [3.63, 3.8) is 0 Å². The first-order valence-electron chi connectivity index (χ1n) is 8.08. The fourth-order valence-corrected chi connectivity index (χ4v) is 2.92. The molecule has 124 valence electrons. The first-order valence-corrected chi connectivity index (χ1v) is 8.08. The smallest absolute Gasteiger partial charge is 0.214 e. The van der Waals surface area contributed by atoms with Gasteiger partial charge in [-0.3, -0.25) is 0 Å². The monoisotopic (exact) mass is 325 g/mol. The molecule has 0 unspecified atom stereocenters. The lowest BCUT2D eigenvalue weighted by atomic mass is 9.92. The fourth-order valence-electron chi connectivity index (χ4n) is 2.92. The second-order valence-corrected chi connectivity index (χ2v) is 6.09. The normalized spacial score (nSPS) is 20.1. The highest BCUT2D eigenvalue weighted by Gasteiger charge is 2.20. The van der Waals surface area contributed by atoms with Gasteiger partial charge in [-0.05, 0) is 43.9 Å². The molecule has 1 aromatic carbocycles. The van der Waals surface area contributed by atoms with Crippen molar-refractivity contribution >= 4 is 11.4 Å². The van der Waals surface area contributed by atoms with E-state index in [1.807, 2.05) is 12.1 Å². The van der Waals surface area contributed by atoms with Gasteiger partial charge in [0.15, 0.2) is 0 Å². The van der Waals surface area contributed by atoms with E-state index in [1.165, 1.54) is 12.3 Å². The third-order valence-corrected chi connectivity index (χ3v) is 4.10. The highest BCUT2D eigenvalue weighted by Crippen LogP contribution is 2.24. The van der Waals surface area contributed by atoms with Crippen molar-refractivity contribution in [1.82, 2.24) is 4.98 Å². The van der Waals surface area contributed by atoms with Crippen molar-refractivity contribution < 1.29 is 9.50 Å². The number of nitrogens with one attached hydrogen (secondary N) is 1. The summed E-state index contributed by atoms with van der Waals surface area (Å²) in [5, 5.41) is 13.1. The van der Waals surface area contributed by atoms with Crippen LogP contribution in [-0.2, 0) is 0 Å². The van der Waals surface area contributed by atoms with Gasteiger partial charge in [0.2, 0.25) is 5.95 Å². The number of hydrogen-bond donors (Lipinski definition) is 3. The van der Waals surface area contributed by atoms with E-state index in [-0.39, 0.29) is 12.1 Å². The first kappa shape index (κ1) is 16.3.